The molecule has 0 fully saturated rings. The lowest BCUT2D eigenvalue weighted by atomic mass is 10.0. The number of nitrogens with zero attached hydrogens (tertiary/aromatic N) is 3. The molecule has 31 heavy (non-hydrogen) atoms. The Hall–Kier alpha value is -3.10. The Bertz CT molecular complexity index is 1110. The number of halogens is 2. The molecule has 2 heterocycles. The van der Waals surface area contributed by atoms with E-state index >= 15 is 0 Å². The quantitative estimate of drug-likeness (QED) is 0.630. The number of methoxy groups -OCH3 is 1. The van der Waals surface area contributed by atoms with Crippen LogP contribution in [0.5, 0.6) is 0 Å². The van der Waals surface area contributed by atoms with Gasteiger partial charge in [0.2, 0.25) is 0 Å². The van der Waals surface area contributed by atoms with E-state index in [4.69, 9.17) is 10.5 Å². The summed E-state index contributed by atoms with van der Waals surface area (Å²) in [6.07, 6.45) is 2.05. The van der Waals surface area contributed by atoms with Gasteiger partial charge in [-0.2, -0.15) is 5.10 Å². The van der Waals surface area contributed by atoms with E-state index in [1.54, 1.807) is 22.9 Å². The smallest absolute Gasteiger partial charge is 0.254 e. The van der Waals surface area contributed by atoms with Gasteiger partial charge >= 0.3 is 0 Å². The number of fused-ring (bicyclic) bond motifs is 1. The van der Waals surface area contributed by atoms with Gasteiger partial charge in [0.15, 0.2) is 0 Å². The van der Waals surface area contributed by atoms with Gasteiger partial charge in [0, 0.05) is 56.0 Å². The van der Waals surface area contributed by atoms with Gasteiger partial charge in [-0.05, 0) is 41.8 Å². The van der Waals surface area contributed by atoms with Crippen LogP contribution in [0.1, 0.15) is 27.0 Å². The highest BCUT2D eigenvalue weighted by molar-refractivity contribution is 5.99. The Balaban J connectivity index is 1.61. The van der Waals surface area contributed by atoms with Gasteiger partial charge in [0.05, 0.1) is 18.5 Å². The zero-order valence-corrected chi connectivity index (χ0v) is 17.4. The van der Waals surface area contributed by atoms with Crippen molar-refractivity contribution in [2.45, 2.75) is 25.6 Å². The number of ether oxygens (including phenoxy) is 1. The zero-order valence-electron chi connectivity index (χ0n) is 17.4. The number of carbonyl (C=O) groups is 1. The Kier molecular flexibility index (Phi) is 5.84. The summed E-state index contributed by atoms with van der Waals surface area (Å²) in [5, 5.41) is 4.32. The first-order chi connectivity index (χ1) is 14.9. The molecule has 3 aromatic rings. The van der Waals surface area contributed by atoms with Crippen LogP contribution in [-0.2, 0) is 31.4 Å². The number of carbonyl (C=O) groups excluding carboxylic acids is 1. The predicted molar refractivity (Wildman–Crippen MR) is 112 cm³/mol. The topological polar surface area (TPSA) is 73.4 Å². The predicted octanol–water partition coefficient (Wildman–Crippen LogP) is 3.04. The number of hydrogen-bond acceptors (Lipinski definition) is 4. The molecule has 1 aliphatic heterocycles. The van der Waals surface area contributed by atoms with Crippen molar-refractivity contribution in [3.63, 3.8) is 0 Å². The molecule has 1 aromatic heterocycles. The summed E-state index contributed by atoms with van der Waals surface area (Å²) in [4.78, 5) is 14.7. The Labute approximate surface area is 179 Å². The van der Waals surface area contributed by atoms with Gasteiger partial charge in [0.1, 0.15) is 11.6 Å². The largest absolute Gasteiger partial charge is 0.380 e. The maximum Gasteiger partial charge on any atom is 0.254 e. The minimum atomic E-state index is -0.644. The van der Waals surface area contributed by atoms with Crippen molar-refractivity contribution in [3.8, 4) is 11.3 Å². The molecule has 0 saturated carbocycles. The number of hydrogen-bond donors (Lipinski definition) is 1. The molecule has 2 N–H and O–H groups in total. The van der Waals surface area contributed by atoms with Gasteiger partial charge in [-0.25, -0.2) is 8.78 Å². The zero-order chi connectivity index (χ0) is 22.1. The van der Waals surface area contributed by atoms with Crippen LogP contribution in [0, 0.1) is 11.6 Å². The maximum atomic E-state index is 13.6. The summed E-state index contributed by atoms with van der Waals surface area (Å²) >= 11 is 0. The minimum Gasteiger partial charge on any atom is -0.380 e. The van der Waals surface area contributed by atoms with E-state index in [-0.39, 0.29) is 24.9 Å². The lowest BCUT2D eigenvalue weighted by Crippen LogP contribution is -2.42. The molecular weight excluding hydrogens is 402 g/mol. The van der Waals surface area contributed by atoms with Crippen molar-refractivity contribution >= 4 is 5.91 Å². The number of nitrogens with two attached hydrogens (primary N) is 1. The average molecular weight is 426 g/mol. The fraction of sp³-hybridized carbons (Fsp3) is 0.304. The SMILES string of the molecule is COCc1cnn(C)c1-c1ccc2c(c1)CN(C(CN)Cc1cc(F)cc(F)c1)C2=O. The molecule has 0 saturated heterocycles. The number of aromatic nitrogens is 2. The summed E-state index contributed by atoms with van der Waals surface area (Å²) in [5.74, 6) is -1.42. The number of amides is 1. The highest BCUT2D eigenvalue weighted by atomic mass is 19.1. The standard InChI is InChI=1S/C23H24F2N4O2/c1-28-22(17(11-27-28)13-31-2)15-3-4-21-16(8-15)12-29(23(21)30)20(10-26)7-14-5-18(24)9-19(25)6-14/h3-6,8-9,11,20H,7,10,12-13,26H2,1-2H3. The van der Waals surface area contributed by atoms with E-state index in [0.29, 0.717) is 24.3 Å². The lowest BCUT2D eigenvalue weighted by molar-refractivity contribution is 0.0708. The van der Waals surface area contributed by atoms with Crippen molar-refractivity contribution in [1.29, 1.82) is 0 Å². The van der Waals surface area contributed by atoms with Crippen molar-refractivity contribution in [2.24, 2.45) is 12.8 Å². The first-order valence-electron chi connectivity index (χ1n) is 10.0. The third-order valence-corrected chi connectivity index (χ3v) is 5.63. The summed E-state index contributed by atoms with van der Waals surface area (Å²) in [6, 6.07) is 8.70. The van der Waals surface area contributed by atoms with Gasteiger partial charge in [-0.1, -0.05) is 6.07 Å². The van der Waals surface area contributed by atoms with Crippen molar-refractivity contribution in [2.75, 3.05) is 13.7 Å². The molecule has 2 aromatic carbocycles. The molecule has 1 unspecified atom stereocenters. The molecule has 6 nitrogen and oxygen atoms in total. The molecule has 1 atom stereocenters. The molecule has 162 valence electrons. The second kappa shape index (κ2) is 8.56. The van der Waals surface area contributed by atoms with Gasteiger partial charge in [-0.15, -0.1) is 0 Å². The molecule has 0 radical (unpaired) electrons. The molecule has 8 heteroatoms. The average Bonchev–Trinajstić information content (AvgIpc) is 3.25. The normalized spacial score (nSPS) is 14.2. The Morgan fingerprint density at radius 1 is 1.19 bits per heavy atom. The van der Waals surface area contributed by atoms with Crippen molar-refractivity contribution in [1.82, 2.24) is 14.7 Å². The summed E-state index contributed by atoms with van der Waals surface area (Å²) in [5.41, 5.74) is 10.7. The molecule has 0 spiro atoms. The van der Waals surface area contributed by atoms with Gasteiger partial charge < -0.3 is 15.4 Å². The van der Waals surface area contributed by atoms with E-state index in [2.05, 4.69) is 5.10 Å². The number of rotatable bonds is 7. The first-order valence-corrected chi connectivity index (χ1v) is 10.0. The first kappa shape index (κ1) is 21.1. The van der Waals surface area contributed by atoms with Crippen LogP contribution in [0.15, 0.2) is 42.6 Å². The van der Waals surface area contributed by atoms with Crippen LogP contribution in [0.4, 0.5) is 8.78 Å². The lowest BCUT2D eigenvalue weighted by Gasteiger charge is -2.26. The molecule has 1 aliphatic rings. The summed E-state index contributed by atoms with van der Waals surface area (Å²) in [7, 11) is 3.50. The van der Waals surface area contributed by atoms with Crippen molar-refractivity contribution in [3.05, 3.63) is 76.5 Å². The van der Waals surface area contributed by atoms with Gasteiger partial charge in [0.25, 0.3) is 5.91 Å². The number of benzene rings is 2. The maximum absolute atomic E-state index is 13.6. The third kappa shape index (κ3) is 4.08. The van der Waals surface area contributed by atoms with Crippen LogP contribution in [0.2, 0.25) is 0 Å². The van der Waals surface area contributed by atoms with Crippen LogP contribution < -0.4 is 5.73 Å². The highest BCUT2D eigenvalue weighted by Crippen LogP contribution is 2.31. The molecule has 0 bridgehead atoms. The van der Waals surface area contributed by atoms with Crippen LogP contribution in [-0.4, -0.2) is 40.3 Å². The fourth-order valence-corrected chi connectivity index (χ4v) is 4.22. The molecule has 1 amide bonds. The van der Waals surface area contributed by atoms with Crippen LogP contribution >= 0.6 is 0 Å². The fourth-order valence-electron chi connectivity index (χ4n) is 4.22. The van der Waals surface area contributed by atoms with E-state index in [0.717, 1.165) is 28.5 Å². The summed E-state index contributed by atoms with van der Waals surface area (Å²) < 4.78 is 34.2. The Morgan fingerprint density at radius 3 is 2.61 bits per heavy atom. The van der Waals surface area contributed by atoms with Crippen LogP contribution in [0.25, 0.3) is 11.3 Å². The molecule has 4 rings (SSSR count). The van der Waals surface area contributed by atoms with E-state index in [1.807, 2.05) is 25.2 Å². The van der Waals surface area contributed by atoms with Gasteiger partial charge in [-0.3, -0.25) is 9.48 Å². The minimum absolute atomic E-state index is 0.129. The van der Waals surface area contributed by atoms with Crippen LogP contribution in [0.3, 0.4) is 0 Å². The van der Waals surface area contributed by atoms with E-state index in [1.165, 1.54) is 12.1 Å². The van der Waals surface area contributed by atoms with E-state index in [9.17, 15) is 13.6 Å². The number of aryl methyl sites for hydroxylation is 1. The second-order valence-electron chi connectivity index (χ2n) is 7.75. The monoisotopic (exact) mass is 426 g/mol. The van der Waals surface area contributed by atoms with Crippen molar-refractivity contribution < 1.29 is 18.3 Å². The van der Waals surface area contributed by atoms with E-state index < -0.39 is 11.6 Å². The highest BCUT2D eigenvalue weighted by Gasteiger charge is 2.32. The molecular formula is C23H24F2N4O2. The second-order valence-corrected chi connectivity index (χ2v) is 7.75. The Morgan fingerprint density at radius 2 is 1.94 bits per heavy atom. The molecule has 0 aliphatic carbocycles. The third-order valence-electron chi connectivity index (χ3n) is 5.63. The summed E-state index contributed by atoms with van der Waals surface area (Å²) in [6.45, 7) is 1.01.